The molecule has 5 nitrogen and oxygen atoms in total. The summed E-state index contributed by atoms with van der Waals surface area (Å²) in [6.45, 7) is 0.155. The number of rotatable bonds is 3. The van der Waals surface area contributed by atoms with Crippen LogP contribution in [0.3, 0.4) is 0 Å². The second kappa shape index (κ2) is 5.11. The molecular weight excluding hydrogens is 284 g/mol. The first-order chi connectivity index (χ1) is 8.20. The predicted molar refractivity (Wildman–Crippen MR) is 67.7 cm³/mol. The van der Waals surface area contributed by atoms with Crippen molar-refractivity contribution in [3.8, 4) is 11.3 Å². The Morgan fingerprint density at radius 3 is 2.76 bits per heavy atom. The molecule has 2 rings (SSSR count). The monoisotopic (exact) mass is 294 g/mol. The molecule has 88 valence electrons. The van der Waals surface area contributed by atoms with E-state index in [9.17, 15) is 4.79 Å². The molecule has 0 bridgehead atoms. The Morgan fingerprint density at radius 1 is 1.41 bits per heavy atom. The fourth-order valence-corrected chi connectivity index (χ4v) is 1.77. The van der Waals surface area contributed by atoms with Crippen molar-refractivity contribution < 1.29 is 4.79 Å². The standard InChI is InChI=1S/C11H11BrN4O/c12-9-3-1-8(2-4-9)10-5-14-7-16(10)6-11(17)15-13/h1-5,7H,6,13H2,(H,15,17). The third-order valence-electron chi connectivity index (χ3n) is 2.33. The number of hydrogen-bond donors (Lipinski definition) is 2. The van der Waals surface area contributed by atoms with Crippen LogP contribution in [-0.4, -0.2) is 15.5 Å². The van der Waals surface area contributed by atoms with Gasteiger partial charge in [0, 0.05) is 4.47 Å². The van der Waals surface area contributed by atoms with E-state index in [4.69, 9.17) is 5.84 Å². The van der Waals surface area contributed by atoms with Crippen LogP contribution < -0.4 is 11.3 Å². The van der Waals surface area contributed by atoms with E-state index in [0.717, 1.165) is 15.7 Å². The van der Waals surface area contributed by atoms with Gasteiger partial charge in [-0.15, -0.1) is 0 Å². The summed E-state index contributed by atoms with van der Waals surface area (Å²) in [5.41, 5.74) is 3.97. The summed E-state index contributed by atoms with van der Waals surface area (Å²) in [6, 6.07) is 7.79. The van der Waals surface area contributed by atoms with Crippen molar-refractivity contribution in [1.29, 1.82) is 0 Å². The molecule has 0 aliphatic heterocycles. The quantitative estimate of drug-likeness (QED) is 0.509. The topological polar surface area (TPSA) is 72.9 Å². The van der Waals surface area contributed by atoms with Crippen LogP contribution >= 0.6 is 15.9 Å². The van der Waals surface area contributed by atoms with Gasteiger partial charge in [-0.05, 0) is 17.7 Å². The SMILES string of the molecule is NNC(=O)Cn1cncc1-c1ccc(Br)cc1. The lowest BCUT2D eigenvalue weighted by Gasteiger charge is -2.07. The molecule has 0 unspecified atom stereocenters. The highest BCUT2D eigenvalue weighted by molar-refractivity contribution is 9.10. The molecule has 6 heteroatoms. The first kappa shape index (κ1) is 11.8. The van der Waals surface area contributed by atoms with Crippen molar-refractivity contribution >= 4 is 21.8 Å². The van der Waals surface area contributed by atoms with Crippen LogP contribution in [0.1, 0.15) is 0 Å². The number of benzene rings is 1. The minimum Gasteiger partial charge on any atom is -0.321 e. The third-order valence-corrected chi connectivity index (χ3v) is 2.86. The number of nitrogens with one attached hydrogen (secondary N) is 1. The van der Waals surface area contributed by atoms with Gasteiger partial charge in [-0.25, -0.2) is 10.8 Å². The molecule has 0 aliphatic rings. The first-order valence-corrected chi connectivity index (χ1v) is 5.75. The van der Waals surface area contributed by atoms with Crippen molar-refractivity contribution in [2.45, 2.75) is 6.54 Å². The summed E-state index contributed by atoms with van der Waals surface area (Å²) in [4.78, 5) is 15.3. The third kappa shape index (κ3) is 2.72. The number of halogens is 1. The average molecular weight is 295 g/mol. The van der Waals surface area contributed by atoms with Gasteiger partial charge in [0.25, 0.3) is 5.91 Å². The molecule has 0 spiro atoms. The Bertz CT molecular complexity index is 521. The molecule has 0 radical (unpaired) electrons. The Morgan fingerprint density at radius 2 is 2.12 bits per heavy atom. The van der Waals surface area contributed by atoms with Gasteiger partial charge in [0.15, 0.2) is 0 Å². The van der Waals surface area contributed by atoms with Crippen molar-refractivity contribution in [2.24, 2.45) is 5.84 Å². The first-order valence-electron chi connectivity index (χ1n) is 4.96. The van der Waals surface area contributed by atoms with Gasteiger partial charge < -0.3 is 4.57 Å². The molecule has 1 aromatic carbocycles. The Labute approximate surface area is 107 Å². The zero-order chi connectivity index (χ0) is 12.3. The van der Waals surface area contributed by atoms with E-state index in [1.165, 1.54) is 0 Å². The fraction of sp³-hybridized carbons (Fsp3) is 0.0909. The zero-order valence-electron chi connectivity index (χ0n) is 8.93. The highest BCUT2D eigenvalue weighted by atomic mass is 79.9. The van der Waals surface area contributed by atoms with E-state index >= 15 is 0 Å². The van der Waals surface area contributed by atoms with Crippen molar-refractivity contribution in [1.82, 2.24) is 15.0 Å². The Hall–Kier alpha value is -1.66. The molecule has 0 fully saturated rings. The van der Waals surface area contributed by atoms with Crippen molar-refractivity contribution in [2.75, 3.05) is 0 Å². The smallest absolute Gasteiger partial charge is 0.253 e. The number of nitrogens with zero attached hydrogens (tertiary/aromatic N) is 2. The normalized spacial score (nSPS) is 10.2. The molecule has 0 saturated carbocycles. The van der Waals surface area contributed by atoms with Gasteiger partial charge in [-0.3, -0.25) is 10.2 Å². The molecule has 1 aromatic heterocycles. The largest absolute Gasteiger partial charge is 0.321 e. The van der Waals surface area contributed by atoms with E-state index in [2.05, 4.69) is 26.3 Å². The maximum Gasteiger partial charge on any atom is 0.253 e. The summed E-state index contributed by atoms with van der Waals surface area (Å²) in [6.07, 6.45) is 3.32. The van der Waals surface area contributed by atoms with Gasteiger partial charge in [-0.2, -0.15) is 0 Å². The van der Waals surface area contributed by atoms with E-state index in [1.54, 1.807) is 17.1 Å². The number of hydrazine groups is 1. The van der Waals surface area contributed by atoms with Gasteiger partial charge in [0.1, 0.15) is 6.54 Å². The second-order valence-electron chi connectivity index (χ2n) is 3.48. The Kier molecular flexibility index (Phi) is 3.55. The predicted octanol–water partition coefficient (Wildman–Crippen LogP) is 1.30. The summed E-state index contributed by atoms with van der Waals surface area (Å²) in [7, 11) is 0. The molecular formula is C11H11BrN4O. The molecule has 3 N–H and O–H groups in total. The van der Waals surface area contributed by atoms with E-state index in [0.29, 0.717) is 0 Å². The lowest BCUT2D eigenvalue weighted by atomic mass is 10.2. The van der Waals surface area contributed by atoms with Gasteiger partial charge in [0.2, 0.25) is 0 Å². The van der Waals surface area contributed by atoms with Gasteiger partial charge in [-0.1, -0.05) is 28.1 Å². The van der Waals surface area contributed by atoms with Crippen LogP contribution in [0.4, 0.5) is 0 Å². The minimum atomic E-state index is -0.263. The summed E-state index contributed by atoms with van der Waals surface area (Å²) < 4.78 is 2.75. The molecule has 0 saturated heterocycles. The van der Waals surface area contributed by atoms with Crippen molar-refractivity contribution in [3.63, 3.8) is 0 Å². The van der Waals surface area contributed by atoms with E-state index < -0.39 is 0 Å². The number of imidazole rings is 1. The van der Waals surface area contributed by atoms with E-state index in [-0.39, 0.29) is 12.5 Å². The number of hydrogen-bond acceptors (Lipinski definition) is 3. The highest BCUT2D eigenvalue weighted by Crippen LogP contribution is 2.21. The zero-order valence-corrected chi connectivity index (χ0v) is 10.5. The lowest BCUT2D eigenvalue weighted by Crippen LogP contribution is -2.33. The van der Waals surface area contributed by atoms with Crippen molar-refractivity contribution in [3.05, 3.63) is 41.3 Å². The molecule has 0 atom stereocenters. The molecule has 17 heavy (non-hydrogen) atoms. The van der Waals surface area contributed by atoms with Crippen LogP contribution in [0.2, 0.25) is 0 Å². The van der Waals surface area contributed by atoms with Crippen LogP contribution in [0, 0.1) is 0 Å². The maximum atomic E-state index is 11.2. The maximum absolute atomic E-state index is 11.2. The number of aromatic nitrogens is 2. The Balaban J connectivity index is 2.30. The average Bonchev–Trinajstić information content (AvgIpc) is 2.78. The number of carbonyl (C=O) groups excluding carboxylic acids is 1. The van der Waals surface area contributed by atoms with E-state index in [1.807, 2.05) is 24.3 Å². The van der Waals surface area contributed by atoms with Gasteiger partial charge >= 0.3 is 0 Å². The second-order valence-corrected chi connectivity index (χ2v) is 4.40. The van der Waals surface area contributed by atoms with Gasteiger partial charge in [0.05, 0.1) is 18.2 Å². The van der Waals surface area contributed by atoms with Crippen LogP contribution in [0.15, 0.2) is 41.3 Å². The molecule has 1 heterocycles. The molecule has 1 amide bonds. The summed E-state index contributed by atoms with van der Waals surface area (Å²) in [5.74, 6) is 4.80. The number of amides is 1. The van der Waals surface area contributed by atoms with Crippen LogP contribution in [0.5, 0.6) is 0 Å². The lowest BCUT2D eigenvalue weighted by molar-refractivity contribution is -0.121. The molecule has 0 aliphatic carbocycles. The van der Waals surface area contributed by atoms with Crippen LogP contribution in [-0.2, 0) is 11.3 Å². The fourth-order valence-electron chi connectivity index (χ4n) is 1.51. The summed E-state index contributed by atoms with van der Waals surface area (Å²) >= 11 is 3.38. The number of carbonyl (C=O) groups is 1. The minimum absolute atomic E-state index is 0.155. The number of nitrogens with two attached hydrogens (primary N) is 1. The highest BCUT2D eigenvalue weighted by Gasteiger charge is 2.07. The summed E-state index contributed by atoms with van der Waals surface area (Å²) in [5, 5.41) is 0. The molecule has 2 aromatic rings. The van der Waals surface area contributed by atoms with Crippen LogP contribution in [0.25, 0.3) is 11.3 Å².